The van der Waals surface area contributed by atoms with Crippen molar-refractivity contribution in [1.29, 1.82) is 0 Å². The van der Waals surface area contributed by atoms with Gasteiger partial charge in [0.1, 0.15) is 6.61 Å². The Morgan fingerprint density at radius 1 is 1.58 bits per heavy atom. The number of carbonyl (C=O) groups excluding carboxylic acids is 1. The quantitative estimate of drug-likeness (QED) is 0.861. The van der Waals surface area contributed by atoms with Crippen LogP contribution in [0, 0.1) is 24.7 Å². The van der Waals surface area contributed by atoms with E-state index in [1.165, 1.54) is 30.6 Å². The second-order valence-electron chi connectivity index (χ2n) is 5.07. The fourth-order valence-electron chi connectivity index (χ4n) is 2.17. The highest BCUT2D eigenvalue weighted by atomic mass is 32.1. The molecule has 1 amide bonds. The van der Waals surface area contributed by atoms with Crippen molar-refractivity contribution in [3.05, 3.63) is 21.4 Å². The van der Waals surface area contributed by atoms with Crippen LogP contribution in [-0.2, 0) is 0 Å². The Labute approximate surface area is 118 Å². The van der Waals surface area contributed by atoms with Crippen LogP contribution >= 0.6 is 11.3 Å². The Bertz CT molecular complexity index is 520. The largest absolute Gasteiger partial charge is 0.384 e. The molecular weight excluding hydrogens is 258 g/mol. The molecule has 0 atom stereocenters. The van der Waals surface area contributed by atoms with Gasteiger partial charge in [-0.15, -0.1) is 11.3 Å². The first-order valence-electron chi connectivity index (χ1n) is 6.57. The van der Waals surface area contributed by atoms with Crippen LogP contribution < -0.4 is 0 Å². The summed E-state index contributed by atoms with van der Waals surface area (Å²) >= 11 is 1.41. The molecule has 0 bridgehead atoms. The number of hydrogen-bond donors (Lipinski definition) is 1. The fraction of sp³-hybridized carbons (Fsp3) is 0.533. The summed E-state index contributed by atoms with van der Waals surface area (Å²) < 4.78 is 0. The van der Waals surface area contributed by atoms with Crippen molar-refractivity contribution < 1.29 is 9.90 Å². The molecule has 0 radical (unpaired) electrons. The lowest BCUT2D eigenvalue weighted by Crippen LogP contribution is -2.33. The summed E-state index contributed by atoms with van der Waals surface area (Å²) in [4.78, 5) is 15.7. The first-order valence-corrected chi connectivity index (χ1v) is 7.39. The number of nitrogens with zero attached hydrogens (tertiary/aromatic N) is 1. The van der Waals surface area contributed by atoms with Crippen LogP contribution in [0.5, 0.6) is 0 Å². The van der Waals surface area contributed by atoms with Crippen molar-refractivity contribution >= 4 is 17.2 Å². The maximum absolute atomic E-state index is 12.3. The molecule has 0 aliphatic heterocycles. The third kappa shape index (κ3) is 3.37. The molecule has 2 rings (SSSR count). The third-order valence-corrected chi connectivity index (χ3v) is 4.65. The molecule has 0 unspecified atom stereocenters. The van der Waals surface area contributed by atoms with Crippen molar-refractivity contribution in [2.24, 2.45) is 5.92 Å². The predicted octanol–water partition coefficient (Wildman–Crippen LogP) is 2.27. The molecule has 1 fully saturated rings. The predicted molar refractivity (Wildman–Crippen MR) is 77.3 cm³/mol. The molecule has 19 heavy (non-hydrogen) atoms. The van der Waals surface area contributed by atoms with Gasteiger partial charge >= 0.3 is 0 Å². The van der Waals surface area contributed by atoms with E-state index in [2.05, 4.69) is 11.8 Å². The molecule has 0 saturated heterocycles. The summed E-state index contributed by atoms with van der Waals surface area (Å²) in [5, 5.41) is 8.71. The van der Waals surface area contributed by atoms with E-state index in [9.17, 15) is 4.79 Å². The number of hydrogen-bond acceptors (Lipinski definition) is 3. The molecule has 1 heterocycles. The van der Waals surface area contributed by atoms with Crippen LogP contribution in [0.4, 0.5) is 0 Å². The summed E-state index contributed by atoms with van der Waals surface area (Å²) in [6, 6.07) is 1.89. The Kier molecular flexibility index (Phi) is 4.62. The van der Waals surface area contributed by atoms with Crippen molar-refractivity contribution in [3.8, 4) is 11.8 Å². The van der Waals surface area contributed by atoms with E-state index in [0.717, 1.165) is 21.9 Å². The van der Waals surface area contributed by atoms with E-state index < -0.39 is 0 Å². The minimum atomic E-state index is -0.151. The Morgan fingerprint density at radius 3 is 2.89 bits per heavy atom. The smallest absolute Gasteiger partial charge is 0.263 e. The molecule has 1 aromatic rings. The maximum atomic E-state index is 12.3. The van der Waals surface area contributed by atoms with Crippen LogP contribution in [-0.4, -0.2) is 36.1 Å². The lowest BCUT2D eigenvalue weighted by molar-refractivity contribution is 0.0750. The van der Waals surface area contributed by atoms with Crippen molar-refractivity contribution in [3.63, 3.8) is 0 Å². The zero-order chi connectivity index (χ0) is 13.8. The van der Waals surface area contributed by atoms with E-state index in [1.807, 2.05) is 24.9 Å². The zero-order valence-electron chi connectivity index (χ0n) is 11.4. The van der Waals surface area contributed by atoms with Gasteiger partial charge in [0.15, 0.2) is 0 Å². The van der Waals surface area contributed by atoms with Crippen molar-refractivity contribution in [2.45, 2.75) is 26.2 Å². The number of aryl methyl sites for hydroxylation is 1. The summed E-state index contributed by atoms with van der Waals surface area (Å²) in [5.74, 6) is 6.28. The minimum Gasteiger partial charge on any atom is -0.384 e. The second-order valence-corrected chi connectivity index (χ2v) is 6.12. The van der Waals surface area contributed by atoms with Crippen LogP contribution in [0.15, 0.2) is 6.07 Å². The second kappa shape index (κ2) is 6.23. The highest BCUT2D eigenvalue weighted by Crippen LogP contribution is 2.28. The van der Waals surface area contributed by atoms with Gasteiger partial charge in [0, 0.05) is 13.6 Å². The van der Waals surface area contributed by atoms with Crippen molar-refractivity contribution in [1.82, 2.24) is 4.90 Å². The molecule has 1 aliphatic carbocycles. The number of thiophene rings is 1. The number of aliphatic hydroxyl groups excluding tert-OH is 1. The Morgan fingerprint density at radius 2 is 2.32 bits per heavy atom. The van der Waals surface area contributed by atoms with E-state index >= 15 is 0 Å². The van der Waals surface area contributed by atoms with Gasteiger partial charge in [-0.3, -0.25) is 4.79 Å². The van der Waals surface area contributed by atoms with E-state index in [0.29, 0.717) is 5.92 Å². The molecule has 1 aliphatic rings. The van der Waals surface area contributed by atoms with Gasteiger partial charge in [-0.1, -0.05) is 18.3 Å². The van der Waals surface area contributed by atoms with Gasteiger partial charge in [-0.05, 0) is 37.3 Å². The standard InChI is InChI=1S/C15H19NO2S/c1-11-9-14(19-13(11)7-4-8-17)15(18)16(2)10-12-5-3-6-12/h9,12,17H,3,5-6,8,10H2,1-2H3. The number of rotatable bonds is 3. The highest BCUT2D eigenvalue weighted by Gasteiger charge is 2.23. The molecule has 4 heteroatoms. The third-order valence-electron chi connectivity index (χ3n) is 3.51. The van der Waals surface area contributed by atoms with Crippen molar-refractivity contribution in [2.75, 3.05) is 20.2 Å². The number of amides is 1. The fourth-order valence-corrected chi connectivity index (χ4v) is 3.21. The zero-order valence-corrected chi connectivity index (χ0v) is 12.2. The van der Waals surface area contributed by atoms with Crippen LogP contribution in [0.3, 0.4) is 0 Å². The van der Waals surface area contributed by atoms with Crippen LogP contribution in [0.2, 0.25) is 0 Å². The molecule has 1 aromatic heterocycles. The Balaban J connectivity index is 2.05. The monoisotopic (exact) mass is 277 g/mol. The molecule has 0 spiro atoms. The molecular formula is C15H19NO2S. The van der Waals surface area contributed by atoms with E-state index in [-0.39, 0.29) is 12.5 Å². The van der Waals surface area contributed by atoms with E-state index in [4.69, 9.17) is 5.11 Å². The first kappa shape index (κ1) is 14.1. The Hall–Kier alpha value is -1.31. The average molecular weight is 277 g/mol. The highest BCUT2D eigenvalue weighted by molar-refractivity contribution is 7.14. The van der Waals surface area contributed by atoms with Gasteiger partial charge in [0.2, 0.25) is 0 Å². The summed E-state index contributed by atoms with van der Waals surface area (Å²) in [6.45, 7) is 2.65. The average Bonchev–Trinajstić information content (AvgIpc) is 2.71. The summed E-state index contributed by atoms with van der Waals surface area (Å²) in [6.07, 6.45) is 3.79. The molecule has 1 N–H and O–H groups in total. The van der Waals surface area contributed by atoms with Crippen LogP contribution in [0.1, 0.15) is 39.4 Å². The molecule has 1 saturated carbocycles. The molecule has 3 nitrogen and oxygen atoms in total. The van der Waals surface area contributed by atoms with Crippen LogP contribution in [0.25, 0.3) is 0 Å². The lowest BCUT2D eigenvalue weighted by Gasteiger charge is -2.29. The number of aliphatic hydroxyl groups is 1. The SMILES string of the molecule is Cc1cc(C(=O)N(C)CC2CCC2)sc1C#CCO. The lowest BCUT2D eigenvalue weighted by atomic mass is 9.85. The molecule has 0 aromatic carbocycles. The normalized spacial score (nSPS) is 14.5. The maximum Gasteiger partial charge on any atom is 0.263 e. The van der Waals surface area contributed by atoms with E-state index in [1.54, 1.807) is 0 Å². The van der Waals surface area contributed by atoms with Gasteiger partial charge in [-0.25, -0.2) is 0 Å². The molecule has 102 valence electrons. The minimum absolute atomic E-state index is 0.0806. The van der Waals surface area contributed by atoms with Gasteiger partial charge in [0.05, 0.1) is 9.75 Å². The first-order chi connectivity index (χ1) is 9.11. The summed E-state index contributed by atoms with van der Waals surface area (Å²) in [7, 11) is 1.87. The van der Waals surface area contributed by atoms with Gasteiger partial charge in [0.25, 0.3) is 5.91 Å². The summed E-state index contributed by atoms with van der Waals surface area (Å²) in [5.41, 5.74) is 1.01. The van der Waals surface area contributed by atoms with Gasteiger partial charge in [-0.2, -0.15) is 0 Å². The number of carbonyl (C=O) groups is 1. The van der Waals surface area contributed by atoms with Gasteiger partial charge < -0.3 is 10.0 Å². The topological polar surface area (TPSA) is 40.5 Å².